The summed E-state index contributed by atoms with van der Waals surface area (Å²) in [7, 11) is 1.62. The minimum Gasteiger partial charge on any atom is -0.497 e. The molecule has 0 N–H and O–H groups in total. The summed E-state index contributed by atoms with van der Waals surface area (Å²) >= 11 is 0. The normalized spacial score (nSPS) is 16.9. The first-order valence-corrected chi connectivity index (χ1v) is 10.7. The molecule has 2 aromatic carbocycles. The van der Waals surface area contributed by atoms with Crippen LogP contribution in [0.3, 0.4) is 0 Å². The third-order valence-electron chi connectivity index (χ3n) is 6.36. The Kier molecular flexibility index (Phi) is 5.98. The van der Waals surface area contributed by atoms with Crippen LogP contribution in [0.15, 0.2) is 42.5 Å². The smallest absolute Gasteiger partial charge is 0.226 e. The van der Waals surface area contributed by atoms with Crippen LogP contribution in [0.25, 0.3) is 0 Å². The van der Waals surface area contributed by atoms with Gasteiger partial charge in [-0.05, 0) is 79.5 Å². The molecular weight excluding hydrogens is 362 g/mol. The number of aryl methyl sites for hydroxylation is 2. The number of hydrogen-bond acceptors (Lipinski definition) is 3. The van der Waals surface area contributed by atoms with Gasteiger partial charge in [0.15, 0.2) is 5.78 Å². The summed E-state index contributed by atoms with van der Waals surface area (Å²) in [5.74, 6) is 1.10. The van der Waals surface area contributed by atoms with Crippen molar-refractivity contribution in [3.63, 3.8) is 0 Å². The Labute approximate surface area is 172 Å². The van der Waals surface area contributed by atoms with Crippen molar-refractivity contribution in [1.29, 1.82) is 0 Å². The Bertz CT molecular complexity index is 879. The standard InChI is InChI=1S/C25H29NO3/c1-29-23-10-8-20(9-11-23)25(28)21-12-14-26(15-13-21)24(27)17-18-6-7-19-4-2-3-5-22(19)16-18/h6-11,16,21H,2-5,12-15,17H2,1H3. The highest BCUT2D eigenvalue weighted by molar-refractivity contribution is 5.98. The van der Waals surface area contributed by atoms with E-state index in [0.29, 0.717) is 19.5 Å². The molecule has 0 bridgehead atoms. The third-order valence-corrected chi connectivity index (χ3v) is 6.36. The number of rotatable bonds is 5. The molecule has 0 saturated carbocycles. The zero-order chi connectivity index (χ0) is 20.2. The molecule has 0 unspecified atom stereocenters. The van der Waals surface area contributed by atoms with E-state index in [2.05, 4.69) is 18.2 Å². The SMILES string of the molecule is COc1ccc(C(=O)C2CCN(C(=O)Cc3ccc4c(c3)CCCC4)CC2)cc1. The van der Waals surface area contributed by atoms with Gasteiger partial charge in [-0.15, -0.1) is 0 Å². The van der Waals surface area contributed by atoms with Crippen LogP contribution in [0.5, 0.6) is 5.75 Å². The van der Waals surface area contributed by atoms with Gasteiger partial charge in [0.05, 0.1) is 13.5 Å². The minimum atomic E-state index is -0.00353. The summed E-state index contributed by atoms with van der Waals surface area (Å²) in [6.45, 7) is 1.33. The van der Waals surface area contributed by atoms with Crippen LogP contribution < -0.4 is 4.74 Å². The molecule has 1 saturated heterocycles. The number of Topliss-reactive ketones (excluding diaryl/α,β-unsaturated/α-hetero) is 1. The molecule has 0 radical (unpaired) electrons. The Balaban J connectivity index is 1.31. The van der Waals surface area contributed by atoms with E-state index in [4.69, 9.17) is 4.74 Å². The topological polar surface area (TPSA) is 46.6 Å². The summed E-state index contributed by atoms with van der Waals surface area (Å²) in [6, 6.07) is 13.9. The van der Waals surface area contributed by atoms with Crippen LogP contribution in [0.2, 0.25) is 0 Å². The van der Waals surface area contributed by atoms with Gasteiger partial charge in [0.1, 0.15) is 5.75 Å². The fraction of sp³-hybridized carbons (Fsp3) is 0.440. The van der Waals surface area contributed by atoms with E-state index >= 15 is 0 Å². The molecule has 1 aliphatic heterocycles. The number of amides is 1. The van der Waals surface area contributed by atoms with Crippen molar-refractivity contribution in [2.24, 2.45) is 5.92 Å². The van der Waals surface area contributed by atoms with Crippen LogP contribution in [0, 0.1) is 5.92 Å². The van der Waals surface area contributed by atoms with Crippen LogP contribution >= 0.6 is 0 Å². The number of ether oxygens (including phenoxy) is 1. The number of carbonyl (C=O) groups excluding carboxylic acids is 2. The fourth-order valence-electron chi connectivity index (χ4n) is 4.57. The van der Waals surface area contributed by atoms with Gasteiger partial charge in [0.2, 0.25) is 5.91 Å². The van der Waals surface area contributed by atoms with E-state index in [1.165, 1.54) is 30.4 Å². The molecule has 4 heteroatoms. The molecular formula is C25H29NO3. The molecule has 4 nitrogen and oxygen atoms in total. The van der Waals surface area contributed by atoms with Crippen LogP contribution in [-0.2, 0) is 24.1 Å². The van der Waals surface area contributed by atoms with Crippen LogP contribution in [-0.4, -0.2) is 36.8 Å². The van der Waals surface area contributed by atoms with Crippen molar-refractivity contribution < 1.29 is 14.3 Å². The predicted molar refractivity (Wildman–Crippen MR) is 113 cm³/mol. The van der Waals surface area contributed by atoms with Crippen molar-refractivity contribution in [2.45, 2.75) is 44.9 Å². The van der Waals surface area contributed by atoms with Gasteiger partial charge in [-0.2, -0.15) is 0 Å². The Morgan fingerprint density at radius 2 is 1.66 bits per heavy atom. The Morgan fingerprint density at radius 3 is 2.34 bits per heavy atom. The molecule has 1 amide bonds. The van der Waals surface area contributed by atoms with E-state index in [9.17, 15) is 9.59 Å². The molecule has 2 aromatic rings. The lowest BCUT2D eigenvalue weighted by Crippen LogP contribution is -2.41. The second-order valence-corrected chi connectivity index (χ2v) is 8.23. The summed E-state index contributed by atoms with van der Waals surface area (Å²) in [5.41, 5.74) is 4.72. The fourth-order valence-corrected chi connectivity index (χ4v) is 4.57. The zero-order valence-electron chi connectivity index (χ0n) is 17.2. The maximum absolute atomic E-state index is 12.8. The average Bonchev–Trinajstić information content (AvgIpc) is 2.78. The molecule has 2 aliphatic rings. The Hall–Kier alpha value is -2.62. The summed E-state index contributed by atoms with van der Waals surface area (Å²) < 4.78 is 5.16. The largest absolute Gasteiger partial charge is 0.497 e. The number of ketones is 1. The lowest BCUT2D eigenvalue weighted by molar-refractivity contribution is -0.131. The summed E-state index contributed by atoms with van der Waals surface area (Å²) in [5, 5.41) is 0. The number of likely N-dealkylation sites (tertiary alicyclic amines) is 1. The third kappa shape index (κ3) is 4.52. The second-order valence-electron chi connectivity index (χ2n) is 8.23. The van der Waals surface area contributed by atoms with Crippen molar-refractivity contribution in [3.8, 4) is 5.75 Å². The van der Waals surface area contributed by atoms with Gasteiger partial charge >= 0.3 is 0 Å². The second kappa shape index (κ2) is 8.81. The molecule has 1 heterocycles. The molecule has 29 heavy (non-hydrogen) atoms. The lowest BCUT2D eigenvalue weighted by atomic mass is 9.88. The number of carbonyl (C=O) groups is 2. The molecule has 4 rings (SSSR count). The highest BCUT2D eigenvalue weighted by Crippen LogP contribution is 2.25. The van der Waals surface area contributed by atoms with Gasteiger partial charge in [0.25, 0.3) is 0 Å². The molecule has 0 spiro atoms. The van der Waals surface area contributed by atoms with E-state index < -0.39 is 0 Å². The summed E-state index contributed by atoms with van der Waals surface area (Å²) in [6.07, 6.45) is 6.76. The number of fused-ring (bicyclic) bond motifs is 1. The molecule has 152 valence electrons. The van der Waals surface area contributed by atoms with Gasteiger partial charge < -0.3 is 9.64 Å². The van der Waals surface area contributed by atoms with E-state index in [-0.39, 0.29) is 17.6 Å². The zero-order valence-corrected chi connectivity index (χ0v) is 17.2. The number of nitrogens with zero attached hydrogens (tertiary/aromatic N) is 1. The number of benzene rings is 2. The summed E-state index contributed by atoms with van der Waals surface area (Å²) in [4.78, 5) is 27.5. The Morgan fingerprint density at radius 1 is 0.966 bits per heavy atom. The van der Waals surface area contributed by atoms with Gasteiger partial charge in [0, 0.05) is 24.6 Å². The predicted octanol–water partition coefficient (Wildman–Crippen LogP) is 4.24. The highest BCUT2D eigenvalue weighted by atomic mass is 16.5. The van der Waals surface area contributed by atoms with E-state index in [1.807, 2.05) is 29.2 Å². The highest BCUT2D eigenvalue weighted by Gasteiger charge is 2.28. The van der Waals surface area contributed by atoms with E-state index in [1.54, 1.807) is 7.11 Å². The number of methoxy groups -OCH3 is 1. The quantitative estimate of drug-likeness (QED) is 0.717. The van der Waals surface area contributed by atoms with Crippen molar-refractivity contribution in [2.75, 3.05) is 20.2 Å². The van der Waals surface area contributed by atoms with Crippen molar-refractivity contribution in [3.05, 3.63) is 64.7 Å². The molecule has 0 atom stereocenters. The van der Waals surface area contributed by atoms with Gasteiger partial charge in [-0.25, -0.2) is 0 Å². The maximum atomic E-state index is 12.8. The lowest BCUT2D eigenvalue weighted by Gasteiger charge is -2.31. The first-order chi connectivity index (χ1) is 14.1. The van der Waals surface area contributed by atoms with E-state index in [0.717, 1.165) is 36.1 Å². The molecule has 1 aliphatic carbocycles. The average molecular weight is 392 g/mol. The van der Waals surface area contributed by atoms with Gasteiger partial charge in [-0.3, -0.25) is 9.59 Å². The minimum absolute atomic E-state index is 0.00353. The van der Waals surface area contributed by atoms with Crippen molar-refractivity contribution >= 4 is 11.7 Å². The number of piperidine rings is 1. The van der Waals surface area contributed by atoms with Gasteiger partial charge in [-0.1, -0.05) is 18.2 Å². The first kappa shape index (κ1) is 19.7. The maximum Gasteiger partial charge on any atom is 0.226 e. The van der Waals surface area contributed by atoms with Crippen molar-refractivity contribution in [1.82, 2.24) is 4.90 Å². The van der Waals surface area contributed by atoms with Crippen LogP contribution in [0.1, 0.15) is 52.7 Å². The molecule has 0 aromatic heterocycles. The number of hydrogen-bond donors (Lipinski definition) is 0. The first-order valence-electron chi connectivity index (χ1n) is 10.7. The monoisotopic (exact) mass is 391 g/mol. The molecule has 1 fully saturated rings. The van der Waals surface area contributed by atoms with Crippen LogP contribution in [0.4, 0.5) is 0 Å².